The van der Waals surface area contributed by atoms with Crippen molar-refractivity contribution in [1.82, 2.24) is 9.88 Å². The molecule has 104 valence electrons. The first-order chi connectivity index (χ1) is 9.70. The first-order valence-electron chi connectivity index (χ1n) is 6.81. The fourth-order valence-electron chi connectivity index (χ4n) is 2.90. The van der Waals surface area contributed by atoms with Crippen molar-refractivity contribution in [1.29, 1.82) is 0 Å². The van der Waals surface area contributed by atoms with Gasteiger partial charge in [-0.3, -0.25) is 4.79 Å². The van der Waals surface area contributed by atoms with Crippen molar-refractivity contribution in [3.63, 3.8) is 0 Å². The van der Waals surface area contributed by atoms with Gasteiger partial charge in [0, 0.05) is 35.2 Å². The Morgan fingerprint density at radius 3 is 2.90 bits per heavy atom. The summed E-state index contributed by atoms with van der Waals surface area (Å²) in [5, 5.41) is 1.26. The molecule has 4 heteroatoms. The molecule has 1 aromatic carbocycles. The number of aromatic amines is 1. The quantitative estimate of drug-likeness (QED) is 0.846. The zero-order valence-corrected chi connectivity index (χ0v) is 12.2. The first kappa shape index (κ1) is 13.3. The Morgan fingerprint density at radius 2 is 2.20 bits per heavy atom. The highest BCUT2D eigenvalue weighted by molar-refractivity contribution is 6.27. The number of nitrogens with one attached hydrogen (secondary N) is 1. The molecule has 0 atom stereocenters. The molecule has 0 unspecified atom stereocenters. The van der Waals surface area contributed by atoms with Gasteiger partial charge in [0.1, 0.15) is 5.88 Å². The second-order valence-electron chi connectivity index (χ2n) is 5.12. The van der Waals surface area contributed by atoms with Crippen LogP contribution in [0.25, 0.3) is 16.5 Å². The molecule has 0 saturated carbocycles. The lowest BCUT2D eigenvalue weighted by Gasteiger charge is -2.26. The van der Waals surface area contributed by atoms with Gasteiger partial charge in [-0.05, 0) is 25.0 Å². The number of alkyl halides is 1. The summed E-state index contributed by atoms with van der Waals surface area (Å²) in [5.41, 5.74) is 4.96. The Kier molecular flexibility index (Phi) is 3.53. The predicted molar refractivity (Wildman–Crippen MR) is 82.9 cm³/mol. The number of halogens is 1. The van der Waals surface area contributed by atoms with Crippen LogP contribution in [-0.2, 0) is 4.79 Å². The smallest absolute Gasteiger partial charge is 0.237 e. The third-order valence-electron chi connectivity index (χ3n) is 3.89. The molecular formula is C16H17ClN2O. The number of carbonyl (C=O) groups excluding carboxylic acids is 1. The Hall–Kier alpha value is -1.74. The second kappa shape index (κ2) is 5.33. The van der Waals surface area contributed by atoms with Crippen molar-refractivity contribution in [2.75, 3.05) is 19.0 Å². The van der Waals surface area contributed by atoms with Crippen LogP contribution < -0.4 is 0 Å². The lowest BCUT2D eigenvalue weighted by Crippen LogP contribution is -2.35. The molecule has 3 rings (SSSR count). The highest BCUT2D eigenvalue weighted by Crippen LogP contribution is 2.32. The summed E-state index contributed by atoms with van der Waals surface area (Å²) in [4.78, 5) is 16.8. The molecule has 1 amide bonds. The number of hydrogen-bond donors (Lipinski definition) is 1. The number of amides is 1. The molecule has 1 aliphatic heterocycles. The third-order valence-corrected chi connectivity index (χ3v) is 4.12. The van der Waals surface area contributed by atoms with Gasteiger partial charge in [0.05, 0.1) is 0 Å². The third kappa shape index (κ3) is 2.22. The summed E-state index contributed by atoms with van der Waals surface area (Å²) in [6.07, 6.45) is 3.03. The van der Waals surface area contributed by atoms with Crippen molar-refractivity contribution >= 4 is 34.0 Å². The average molecular weight is 289 g/mol. The number of benzene rings is 1. The van der Waals surface area contributed by atoms with E-state index >= 15 is 0 Å². The van der Waals surface area contributed by atoms with Gasteiger partial charge in [-0.2, -0.15) is 0 Å². The van der Waals surface area contributed by atoms with E-state index in [2.05, 4.69) is 36.2 Å². The molecule has 1 aliphatic rings. The van der Waals surface area contributed by atoms with Crippen molar-refractivity contribution in [3.8, 4) is 0 Å². The number of para-hydroxylation sites is 1. The molecule has 1 N–H and O–H groups in total. The summed E-state index contributed by atoms with van der Waals surface area (Å²) in [5.74, 6) is 0.0764. The lowest BCUT2D eigenvalue weighted by molar-refractivity contribution is -0.128. The molecule has 0 radical (unpaired) electrons. The van der Waals surface area contributed by atoms with Crippen LogP contribution >= 0.6 is 11.6 Å². The van der Waals surface area contributed by atoms with Crippen LogP contribution in [0.1, 0.15) is 17.7 Å². The van der Waals surface area contributed by atoms with E-state index in [-0.39, 0.29) is 11.8 Å². The van der Waals surface area contributed by atoms with Gasteiger partial charge in [-0.25, -0.2) is 0 Å². The molecule has 0 fully saturated rings. The molecule has 0 aliphatic carbocycles. The fraction of sp³-hybridized carbons (Fsp3) is 0.312. The maximum Gasteiger partial charge on any atom is 0.237 e. The summed E-state index contributed by atoms with van der Waals surface area (Å²) in [7, 11) is 0. The van der Waals surface area contributed by atoms with E-state index in [1.807, 2.05) is 6.07 Å². The number of carbonyl (C=O) groups is 1. The van der Waals surface area contributed by atoms with Crippen LogP contribution in [0.5, 0.6) is 0 Å². The monoisotopic (exact) mass is 288 g/mol. The van der Waals surface area contributed by atoms with Crippen molar-refractivity contribution < 1.29 is 4.79 Å². The highest BCUT2D eigenvalue weighted by atomic mass is 35.5. The van der Waals surface area contributed by atoms with Crippen LogP contribution in [0, 0.1) is 6.92 Å². The van der Waals surface area contributed by atoms with E-state index in [0.717, 1.165) is 13.0 Å². The highest BCUT2D eigenvalue weighted by Gasteiger charge is 2.19. The maximum absolute atomic E-state index is 11.6. The lowest BCUT2D eigenvalue weighted by atomic mass is 9.97. The molecular weight excluding hydrogens is 272 g/mol. The van der Waals surface area contributed by atoms with E-state index in [0.29, 0.717) is 6.54 Å². The fourth-order valence-corrected chi connectivity index (χ4v) is 3.07. The first-order valence-corrected chi connectivity index (χ1v) is 7.34. The van der Waals surface area contributed by atoms with Gasteiger partial charge >= 0.3 is 0 Å². The van der Waals surface area contributed by atoms with Gasteiger partial charge < -0.3 is 9.88 Å². The van der Waals surface area contributed by atoms with Crippen molar-refractivity contribution in [2.45, 2.75) is 13.3 Å². The summed E-state index contributed by atoms with van der Waals surface area (Å²) < 4.78 is 0. The number of hydrogen-bond acceptors (Lipinski definition) is 1. The number of aromatic nitrogens is 1. The van der Waals surface area contributed by atoms with Crippen LogP contribution in [0.15, 0.2) is 30.3 Å². The van der Waals surface area contributed by atoms with Crippen molar-refractivity contribution in [2.24, 2.45) is 0 Å². The Labute approximate surface area is 123 Å². The molecule has 0 saturated heterocycles. The Balaban J connectivity index is 1.95. The molecule has 0 spiro atoms. The summed E-state index contributed by atoms with van der Waals surface area (Å²) in [6.45, 7) is 3.50. The molecule has 2 heterocycles. The molecule has 20 heavy (non-hydrogen) atoms. The SMILES string of the molecule is Cc1[nH]c2ccccc2c1C1=CCN(C(=O)CCl)CC1. The van der Waals surface area contributed by atoms with Gasteiger partial charge in [-0.1, -0.05) is 24.3 Å². The number of nitrogens with zero attached hydrogens (tertiary/aromatic N) is 1. The molecule has 0 bridgehead atoms. The van der Waals surface area contributed by atoms with Crippen LogP contribution in [0.3, 0.4) is 0 Å². The Morgan fingerprint density at radius 1 is 1.40 bits per heavy atom. The minimum Gasteiger partial charge on any atom is -0.358 e. The van der Waals surface area contributed by atoms with Gasteiger partial charge in [-0.15, -0.1) is 11.6 Å². The largest absolute Gasteiger partial charge is 0.358 e. The topological polar surface area (TPSA) is 36.1 Å². The maximum atomic E-state index is 11.6. The zero-order chi connectivity index (χ0) is 14.1. The van der Waals surface area contributed by atoms with E-state index in [9.17, 15) is 4.79 Å². The van der Waals surface area contributed by atoms with Crippen LogP contribution in [0.2, 0.25) is 0 Å². The Bertz CT molecular complexity index is 687. The summed E-state index contributed by atoms with van der Waals surface area (Å²) in [6, 6.07) is 8.34. The van der Waals surface area contributed by atoms with Gasteiger partial charge in [0.2, 0.25) is 5.91 Å². The molecule has 3 nitrogen and oxygen atoms in total. The minimum atomic E-state index is 0.0117. The van der Waals surface area contributed by atoms with Gasteiger partial charge in [0.25, 0.3) is 0 Å². The normalized spacial score (nSPS) is 15.5. The van der Waals surface area contributed by atoms with Crippen LogP contribution in [-0.4, -0.2) is 34.8 Å². The average Bonchev–Trinajstić information content (AvgIpc) is 2.82. The van der Waals surface area contributed by atoms with E-state index < -0.39 is 0 Å². The summed E-state index contributed by atoms with van der Waals surface area (Å²) >= 11 is 5.61. The standard InChI is InChI=1S/C16H17ClN2O/c1-11-16(13-4-2-3-5-14(13)18-11)12-6-8-19(9-7-12)15(20)10-17/h2-6,18H,7-10H2,1H3. The predicted octanol–water partition coefficient (Wildman–Crippen LogP) is 3.33. The second-order valence-corrected chi connectivity index (χ2v) is 5.39. The van der Waals surface area contributed by atoms with Gasteiger partial charge in [0.15, 0.2) is 0 Å². The number of H-pyrrole nitrogens is 1. The molecule has 1 aromatic heterocycles. The van der Waals surface area contributed by atoms with Crippen LogP contribution in [0.4, 0.5) is 0 Å². The van der Waals surface area contributed by atoms with E-state index in [1.54, 1.807) is 4.90 Å². The van der Waals surface area contributed by atoms with E-state index in [1.165, 1.54) is 27.7 Å². The number of fused-ring (bicyclic) bond motifs is 1. The molecule has 2 aromatic rings. The zero-order valence-electron chi connectivity index (χ0n) is 11.4. The number of aryl methyl sites for hydroxylation is 1. The van der Waals surface area contributed by atoms with Crippen molar-refractivity contribution in [3.05, 3.63) is 41.6 Å². The minimum absolute atomic E-state index is 0.0117. The number of rotatable bonds is 2. The van der Waals surface area contributed by atoms with E-state index in [4.69, 9.17) is 11.6 Å².